The van der Waals surface area contributed by atoms with Gasteiger partial charge in [-0.25, -0.2) is 4.79 Å². The molecular weight excluding hydrogens is 331 g/mol. The highest BCUT2D eigenvalue weighted by Crippen LogP contribution is 2.29. The Morgan fingerprint density at radius 2 is 1.72 bits per heavy atom. The molecule has 0 saturated heterocycles. The van der Waals surface area contributed by atoms with E-state index in [2.05, 4.69) is 0 Å². The molecule has 3 rings (SSSR count). The van der Waals surface area contributed by atoms with Gasteiger partial charge in [0, 0.05) is 18.1 Å². The molecule has 0 unspecified atom stereocenters. The van der Waals surface area contributed by atoms with Crippen LogP contribution >= 0.6 is 0 Å². The second kappa shape index (κ2) is 6.16. The van der Waals surface area contributed by atoms with Gasteiger partial charge in [-0.1, -0.05) is 12.1 Å². The van der Waals surface area contributed by atoms with Crippen LogP contribution in [0.5, 0.6) is 0 Å². The van der Waals surface area contributed by atoms with Crippen LogP contribution in [0.25, 0.3) is 5.69 Å². The topological polar surface area (TPSA) is 53.0 Å². The molecule has 0 radical (unpaired) electrons. The highest BCUT2D eigenvalue weighted by Gasteiger charge is 2.30. The van der Waals surface area contributed by atoms with Crippen LogP contribution in [-0.4, -0.2) is 9.13 Å². The maximum Gasteiger partial charge on any atom is 0.416 e. The van der Waals surface area contributed by atoms with E-state index in [1.807, 2.05) is 19.1 Å². The first-order valence-corrected chi connectivity index (χ1v) is 7.56. The number of imidazole rings is 1. The van der Waals surface area contributed by atoms with Gasteiger partial charge in [-0.15, -0.1) is 0 Å². The standard InChI is InChI=1S/C18H16F3N3O/c1-12-10-13(2-7-16(12)22)11-23-8-9-24(17(23)25)15-5-3-14(4-6-15)18(19,20)21/h2-10H,11,22H2,1H3. The van der Waals surface area contributed by atoms with Crippen molar-refractivity contribution in [1.82, 2.24) is 9.13 Å². The SMILES string of the molecule is Cc1cc(Cn2ccn(-c3ccc(C(F)(F)F)cc3)c2=O)ccc1N. The molecule has 0 fully saturated rings. The summed E-state index contributed by atoms with van der Waals surface area (Å²) in [6.07, 6.45) is -1.26. The van der Waals surface area contributed by atoms with E-state index in [-0.39, 0.29) is 5.69 Å². The lowest BCUT2D eigenvalue weighted by Crippen LogP contribution is -2.23. The van der Waals surface area contributed by atoms with Gasteiger partial charge in [0.25, 0.3) is 0 Å². The lowest BCUT2D eigenvalue weighted by Gasteiger charge is -2.08. The molecule has 0 aliphatic rings. The fourth-order valence-electron chi connectivity index (χ4n) is 2.57. The Bertz CT molecular complexity index is 953. The molecule has 25 heavy (non-hydrogen) atoms. The number of anilines is 1. The van der Waals surface area contributed by atoms with Crippen LogP contribution in [0.1, 0.15) is 16.7 Å². The molecule has 1 aromatic heterocycles. The van der Waals surface area contributed by atoms with Crippen molar-refractivity contribution in [2.75, 3.05) is 5.73 Å². The van der Waals surface area contributed by atoms with Gasteiger partial charge >= 0.3 is 11.9 Å². The van der Waals surface area contributed by atoms with E-state index in [0.29, 0.717) is 17.9 Å². The van der Waals surface area contributed by atoms with E-state index in [9.17, 15) is 18.0 Å². The minimum absolute atomic E-state index is 0.325. The van der Waals surface area contributed by atoms with Crippen molar-refractivity contribution >= 4 is 5.69 Å². The molecule has 0 aliphatic carbocycles. The minimum Gasteiger partial charge on any atom is -0.399 e. The lowest BCUT2D eigenvalue weighted by atomic mass is 10.1. The molecule has 2 N–H and O–H groups in total. The van der Waals surface area contributed by atoms with E-state index in [1.54, 1.807) is 12.3 Å². The molecule has 2 aromatic carbocycles. The largest absolute Gasteiger partial charge is 0.416 e. The molecule has 0 bridgehead atoms. The summed E-state index contributed by atoms with van der Waals surface area (Å²) in [5.74, 6) is 0. The molecule has 0 saturated carbocycles. The number of aromatic nitrogens is 2. The zero-order valence-electron chi connectivity index (χ0n) is 13.4. The number of nitrogens with zero attached hydrogens (tertiary/aromatic N) is 2. The number of benzene rings is 2. The van der Waals surface area contributed by atoms with Crippen LogP contribution in [-0.2, 0) is 12.7 Å². The van der Waals surface area contributed by atoms with E-state index >= 15 is 0 Å². The Hall–Kier alpha value is -2.96. The summed E-state index contributed by atoms with van der Waals surface area (Å²) in [7, 11) is 0. The van der Waals surface area contributed by atoms with E-state index in [0.717, 1.165) is 23.3 Å². The number of alkyl halides is 3. The van der Waals surface area contributed by atoms with Crippen LogP contribution in [0.4, 0.5) is 18.9 Å². The lowest BCUT2D eigenvalue weighted by molar-refractivity contribution is -0.137. The van der Waals surface area contributed by atoms with Crippen LogP contribution in [0, 0.1) is 6.92 Å². The predicted molar refractivity (Wildman–Crippen MR) is 89.7 cm³/mol. The molecule has 1 heterocycles. The first-order valence-electron chi connectivity index (χ1n) is 7.56. The zero-order valence-corrected chi connectivity index (χ0v) is 13.4. The quantitative estimate of drug-likeness (QED) is 0.736. The minimum atomic E-state index is -4.40. The van der Waals surface area contributed by atoms with Crippen molar-refractivity contribution in [3.63, 3.8) is 0 Å². The highest BCUT2D eigenvalue weighted by atomic mass is 19.4. The molecule has 0 aliphatic heterocycles. The number of halogens is 3. The van der Waals surface area contributed by atoms with Gasteiger partial charge in [-0.05, 0) is 48.4 Å². The van der Waals surface area contributed by atoms with Crippen molar-refractivity contribution in [3.05, 3.63) is 82.0 Å². The second-order valence-electron chi connectivity index (χ2n) is 5.81. The molecule has 0 spiro atoms. The fraction of sp³-hybridized carbons (Fsp3) is 0.167. The maximum absolute atomic E-state index is 12.6. The van der Waals surface area contributed by atoms with Crippen LogP contribution in [0.15, 0.2) is 59.7 Å². The first kappa shape index (κ1) is 16.9. The summed E-state index contributed by atoms with van der Waals surface area (Å²) in [4.78, 5) is 12.5. The monoisotopic (exact) mass is 347 g/mol. The van der Waals surface area contributed by atoms with Crippen molar-refractivity contribution in [1.29, 1.82) is 0 Å². The number of nitrogens with two attached hydrogens (primary N) is 1. The summed E-state index contributed by atoms with van der Waals surface area (Å²) >= 11 is 0. The van der Waals surface area contributed by atoms with Crippen molar-refractivity contribution in [2.45, 2.75) is 19.6 Å². The Morgan fingerprint density at radius 3 is 2.32 bits per heavy atom. The highest BCUT2D eigenvalue weighted by molar-refractivity contribution is 5.47. The molecule has 7 heteroatoms. The molecule has 130 valence electrons. The summed E-state index contributed by atoms with van der Waals surface area (Å²) in [5, 5.41) is 0. The van der Waals surface area contributed by atoms with Gasteiger partial charge in [0.1, 0.15) is 0 Å². The van der Waals surface area contributed by atoms with Gasteiger partial charge in [0.15, 0.2) is 0 Å². The Kier molecular flexibility index (Phi) is 4.16. The second-order valence-corrected chi connectivity index (χ2v) is 5.81. The summed E-state index contributed by atoms with van der Waals surface area (Å²) in [6, 6.07) is 10.00. The predicted octanol–water partition coefficient (Wildman–Crippen LogP) is 3.60. The van der Waals surface area contributed by atoms with Gasteiger partial charge in [0.2, 0.25) is 0 Å². The average Bonchev–Trinajstić information content (AvgIpc) is 2.91. The molecule has 0 amide bonds. The number of hydrogen-bond donors (Lipinski definition) is 1. The van der Waals surface area contributed by atoms with Crippen molar-refractivity contribution in [3.8, 4) is 5.69 Å². The van der Waals surface area contributed by atoms with Crippen LogP contribution in [0.2, 0.25) is 0 Å². The molecule has 0 atom stereocenters. The van der Waals surface area contributed by atoms with Crippen molar-refractivity contribution in [2.24, 2.45) is 0 Å². The van der Waals surface area contributed by atoms with Gasteiger partial charge in [-0.3, -0.25) is 9.13 Å². The Balaban J connectivity index is 1.88. The number of nitrogen functional groups attached to an aromatic ring is 1. The normalized spacial score (nSPS) is 11.7. The number of aryl methyl sites for hydroxylation is 1. The van der Waals surface area contributed by atoms with E-state index in [1.165, 1.54) is 27.5 Å². The maximum atomic E-state index is 12.6. The smallest absolute Gasteiger partial charge is 0.399 e. The van der Waals surface area contributed by atoms with Crippen molar-refractivity contribution < 1.29 is 13.2 Å². The third-order valence-corrected chi connectivity index (χ3v) is 4.01. The fourth-order valence-corrected chi connectivity index (χ4v) is 2.57. The van der Waals surface area contributed by atoms with Gasteiger partial charge < -0.3 is 5.73 Å². The first-order chi connectivity index (χ1) is 11.8. The van der Waals surface area contributed by atoms with Crippen LogP contribution in [0.3, 0.4) is 0 Å². The summed E-state index contributed by atoms with van der Waals surface area (Å²) < 4.78 is 40.7. The van der Waals surface area contributed by atoms with E-state index in [4.69, 9.17) is 5.73 Å². The molecular formula is C18H16F3N3O. The Morgan fingerprint density at radius 1 is 1.04 bits per heavy atom. The number of hydrogen-bond acceptors (Lipinski definition) is 2. The average molecular weight is 347 g/mol. The molecule has 4 nitrogen and oxygen atoms in total. The number of rotatable bonds is 3. The summed E-state index contributed by atoms with van der Waals surface area (Å²) in [6.45, 7) is 2.24. The third-order valence-electron chi connectivity index (χ3n) is 4.01. The van der Waals surface area contributed by atoms with Crippen LogP contribution < -0.4 is 11.4 Å². The van der Waals surface area contributed by atoms with Gasteiger partial charge in [0.05, 0.1) is 17.8 Å². The van der Waals surface area contributed by atoms with Gasteiger partial charge in [-0.2, -0.15) is 13.2 Å². The third kappa shape index (κ3) is 3.45. The zero-order chi connectivity index (χ0) is 18.2. The van der Waals surface area contributed by atoms with E-state index < -0.39 is 11.7 Å². The Labute approximate surface area is 141 Å². The summed E-state index contributed by atoms with van der Waals surface area (Å²) in [5.41, 5.74) is 7.61. The molecule has 3 aromatic rings.